The number of anilines is 1. The Morgan fingerprint density at radius 3 is 2.95 bits per heavy atom. The van der Waals surface area contributed by atoms with Gasteiger partial charge in [-0.1, -0.05) is 19.1 Å². The summed E-state index contributed by atoms with van der Waals surface area (Å²) in [7, 11) is 0. The molecule has 0 saturated carbocycles. The van der Waals surface area contributed by atoms with Crippen LogP contribution in [0.1, 0.15) is 28.5 Å². The van der Waals surface area contributed by atoms with Crippen molar-refractivity contribution in [1.29, 1.82) is 0 Å². The molecule has 1 aromatic carbocycles. The second-order valence-electron chi connectivity index (χ2n) is 4.22. The quantitative estimate of drug-likeness (QED) is 0.881. The Hall–Kier alpha value is -1.75. The first kappa shape index (κ1) is 13.7. The van der Waals surface area contributed by atoms with Gasteiger partial charge in [-0.25, -0.2) is 0 Å². The molecule has 0 saturated heterocycles. The molecule has 0 fully saturated rings. The maximum atomic E-state index is 12.1. The minimum atomic E-state index is -0.128. The highest BCUT2D eigenvalue weighted by atomic mass is 32.2. The van der Waals surface area contributed by atoms with Crippen LogP contribution in [0.4, 0.5) is 5.82 Å². The fraction of sp³-hybridized carbons (Fsp3) is 0.286. The predicted molar refractivity (Wildman–Crippen MR) is 79.6 cm³/mol. The molecule has 5 heteroatoms. The summed E-state index contributed by atoms with van der Waals surface area (Å²) in [5, 5.41) is 9.72. The highest BCUT2D eigenvalue weighted by Crippen LogP contribution is 2.13. The number of hydrogen-bond donors (Lipinski definition) is 2. The van der Waals surface area contributed by atoms with E-state index in [1.54, 1.807) is 11.8 Å². The zero-order valence-corrected chi connectivity index (χ0v) is 11.9. The first-order chi connectivity index (χ1) is 9.22. The number of nitrogens with zero attached hydrogens (tertiary/aromatic N) is 1. The summed E-state index contributed by atoms with van der Waals surface area (Å²) in [6.07, 6.45) is 2.91. The van der Waals surface area contributed by atoms with Crippen molar-refractivity contribution in [1.82, 2.24) is 10.2 Å². The molecule has 0 aliphatic carbocycles. The van der Waals surface area contributed by atoms with Crippen molar-refractivity contribution >= 4 is 23.5 Å². The molecule has 1 aromatic heterocycles. The Labute approximate surface area is 117 Å². The Morgan fingerprint density at radius 1 is 1.42 bits per heavy atom. The number of aromatic amines is 1. The van der Waals surface area contributed by atoms with E-state index in [4.69, 9.17) is 0 Å². The van der Waals surface area contributed by atoms with Gasteiger partial charge in [-0.2, -0.15) is 16.9 Å². The highest BCUT2D eigenvalue weighted by molar-refractivity contribution is 7.97. The summed E-state index contributed by atoms with van der Waals surface area (Å²) < 4.78 is 0. The van der Waals surface area contributed by atoms with Crippen molar-refractivity contribution in [2.24, 2.45) is 0 Å². The van der Waals surface area contributed by atoms with E-state index in [1.165, 1.54) is 0 Å². The molecular formula is C14H17N3OS. The van der Waals surface area contributed by atoms with Crippen LogP contribution >= 0.6 is 11.8 Å². The minimum Gasteiger partial charge on any atom is -0.305 e. The molecule has 0 bridgehead atoms. The number of carbonyl (C=O) groups excluding carboxylic acids is 1. The molecule has 0 unspecified atom stereocenters. The molecule has 0 atom stereocenters. The molecular weight excluding hydrogens is 258 g/mol. The highest BCUT2D eigenvalue weighted by Gasteiger charge is 2.08. The Morgan fingerprint density at radius 2 is 2.26 bits per heavy atom. The topological polar surface area (TPSA) is 57.8 Å². The molecule has 4 nitrogen and oxygen atoms in total. The first-order valence-electron chi connectivity index (χ1n) is 6.16. The van der Waals surface area contributed by atoms with Crippen LogP contribution < -0.4 is 5.32 Å². The van der Waals surface area contributed by atoms with Crippen LogP contribution in [0.2, 0.25) is 0 Å². The summed E-state index contributed by atoms with van der Waals surface area (Å²) in [6.45, 7) is 2.03. The lowest BCUT2D eigenvalue weighted by Gasteiger charge is -2.04. The third-order valence-corrected chi connectivity index (χ3v) is 3.38. The molecule has 0 aliphatic heterocycles. The minimum absolute atomic E-state index is 0.128. The summed E-state index contributed by atoms with van der Waals surface area (Å²) in [5.74, 6) is 1.35. The molecule has 0 radical (unpaired) electrons. The van der Waals surface area contributed by atoms with Crippen molar-refractivity contribution < 1.29 is 4.79 Å². The van der Waals surface area contributed by atoms with Gasteiger partial charge in [0.2, 0.25) is 0 Å². The van der Waals surface area contributed by atoms with E-state index < -0.39 is 0 Å². The number of hydrogen-bond acceptors (Lipinski definition) is 3. The predicted octanol–water partition coefficient (Wildman–Crippen LogP) is 3.09. The molecule has 2 N–H and O–H groups in total. The molecule has 2 rings (SSSR count). The van der Waals surface area contributed by atoms with E-state index in [0.29, 0.717) is 11.4 Å². The first-order valence-corrected chi connectivity index (χ1v) is 7.56. The van der Waals surface area contributed by atoms with E-state index in [2.05, 4.69) is 15.5 Å². The van der Waals surface area contributed by atoms with Gasteiger partial charge in [-0.05, 0) is 30.4 Å². The number of nitrogens with one attached hydrogen (secondary N) is 2. The molecule has 19 heavy (non-hydrogen) atoms. The van der Waals surface area contributed by atoms with E-state index in [1.807, 2.05) is 43.5 Å². The van der Waals surface area contributed by atoms with Gasteiger partial charge in [0.05, 0.1) is 0 Å². The molecule has 0 aliphatic rings. The van der Waals surface area contributed by atoms with Crippen molar-refractivity contribution in [3.8, 4) is 0 Å². The molecule has 100 valence electrons. The summed E-state index contributed by atoms with van der Waals surface area (Å²) in [5.41, 5.74) is 2.82. The van der Waals surface area contributed by atoms with Crippen LogP contribution in [-0.2, 0) is 12.2 Å². The average molecular weight is 275 g/mol. The normalized spacial score (nSPS) is 10.4. The van der Waals surface area contributed by atoms with Crippen molar-refractivity contribution in [3.63, 3.8) is 0 Å². The van der Waals surface area contributed by atoms with Gasteiger partial charge < -0.3 is 5.32 Å². The van der Waals surface area contributed by atoms with Gasteiger partial charge in [0.1, 0.15) is 0 Å². The monoisotopic (exact) mass is 275 g/mol. The van der Waals surface area contributed by atoms with Gasteiger partial charge in [0, 0.05) is 23.1 Å². The Balaban J connectivity index is 2.08. The Kier molecular flexibility index (Phi) is 4.63. The van der Waals surface area contributed by atoms with Gasteiger partial charge in [0.25, 0.3) is 5.91 Å². The number of rotatable bonds is 5. The van der Waals surface area contributed by atoms with Crippen LogP contribution in [0, 0.1) is 0 Å². The number of aryl methyl sites for hydroxylation is 1. The van der Waals surface area contributed by atoms with Crippen molar-refractivity contribution in [2.45, 2.75) is 19.1 Å². The van der Waals surface area contributed by atoms with Gasteiger partial charge in [0.15, 0.2) is 5.82 Å². The Bertz CT molecular complexity index is 565. The second-order valence-corrected chi connectivity index (χ2v) is 5.09. The maximum Gasteiger partial charge on any atom is 0.256 e. The SMILES string of the molecule is CCc1cc(NC(=O)c2cccc(CSC)c2)n[nH]1. The van der Waals surface area contributed by atoms with E-state index in [9.17, 15) is 4.79 Å². The van der Waals surface area contributed by atoms with Gasteiger partial charge >= 0.3 is 0 Å². The third-order valence-electron chi connectivity index (χ3n) is 2.75. The number of H-pyrrole nitrogens is 1. The van der Waals surface area contributed by atoms with Gasteiger partial charge in [-0.3, -0.25) is 9.89 Å². The van der Waals surface area contributed by atoms with E-state index in [0.717, 1.165) is 23.4 Å². The smallest absolute Gasteiger partial charge is 0.256 e. The standard InChI is InChI=1S/C14H17N3OS/c1-3-12-8-13(17-16-12)15-14(18)11-6-4-5-10(7-11)9-19-2/h4-8H,3,9H2,1-2H3,(H2,15,16,17,18). The van der Waals surface area contributed by atoms with Crippen molar-refractivity contribution in [3.05, 3.63) is 47.2 Å². The molecule has 1 amide bonds. The number of carbonyl (C=O) groups is 1. The maximum absolute atomic E-state index is 12.1. The van der Waals surface area contributed by atoms with E-state index >= 15 is 0 Å². The number of thioether (sulfide) groups is 1. The lowest BCUT2D eigenvalue weighted by atomic mass is 10.1. The molecule has 0 spiro atoms. The molecule has 2 aromatic rings. The van der Waals surface area contributed by atoms with Crippen LogP contribution in [-0.4, -0.2) is 22.4 Å². The fourth-order valence-corrected chi connectivity index (χ4v) is 2.28. The number of benzene rings is 1. The number of aromatic nitrogens is 2. The fourth-order valence-electron chi connectivity index (χ4n) is 1.76. The average Bonchev–Trinajstić information content (AvgIpc) is 2.87. The third kappa shape index (κ3) is 3.61. The summed E-state index contributed by atoms with van der Waals surface area (Å²) >= 11 is 1.74. The second kappa shape index (κ2) is 6.43. The van der Waals surface area contributed by atoms with E-state index in [-0.39, 0.29) is 5.91 Å². The van der Waals surface area contributed by atoms with Crippen molar-refractivity contribution in [2.75, 3.05) is 11.6 Å². The van der Waals surface area contributed by atoms with Crippen LogP contribution in [0.5, 0.6) is 0 Å². The zero-order chi connectivity index (χ0) is 13.7. The van der Waals surface area contributed by atoms with Crippen LogP contribution in [0.3, 0.4) is 0 Å². The largest absolute Gasteiger partial charge is 0.305 e. The lowest BCUT2D eigenvalue weighted by Crippen LogP contribution is -2.12. The van der Waals surface area contributed by atoms with Crippen LogP contribution in [0.25, 0.3) is 0 Å². The molecule has 1 heterocycles. The number of amides is 1. The summed E-state index contributed by atoms with van der Waals surface area (Å²) in [4.78, 5) is 12.1. The lowest BCUT2D eigenvalue weighted by molar-refractivity contribution is 0.102. The zero-order valence-electron chi connectivity index (χ0n) is 11.1. The van der Waals surface area contributed by atoms with Gasteiger partial charge in [-0.15, -0.1) is 0 Å². The summed E-state index contributed by atoms with van der Waals surface area (Å²) in [6, 6.07) is 9.51. The van der Waals surface area contributed by atoms with Crippen LogP contribution in [0.15, 0.2) is 30.3 Å².